The lowest BCUT2D eigenvalue weighted by Gasteiger charge is -2.43. The van der Waals surface area contributed by atoms with Crippen molar-refractivity contribution >= 4 is 33.4 Å². The van der Waals surface area contributed by atoms with Crippen molar-refractivity contribution in [3.8, 4) is 17.0 Å². The summed E-state index contributed by atoms with van der Waals surface area (Å²) in [4.78, 5) is 17.1. The van der Waals surface area contributed by atoms with Crippen LogP contribution >= 0.6 is 27.5 Å². The molecule has 2 aromatic carbocycles. The van der Waals surface area contributed by atoms with Gasteiger partial charge in [-0.05, 0) is 72.2 Å². The van der Waals surface area contributed by atoms with E-state index in [1.807, 2.05) is 35.4 Å². The van der Waals surface area contributed by atoms with Gasteiger partial charge >= 0.3 is 0 Å². The Hall–Kier alpha value is -3.01. The van der Waals surface area contributed by atoms with Crippen LogP contribution in [0.1, 0.15) is 31.7 Å². The molecule has 3 heterocycles. The fraction of sp³-hybridized carbons (Fsp3) is 0.321. The van der Waals surface area contributed by atoms with Crippen LogP contribution in [0.3, 0.4) is 0 Å². The van der Waals surface area contributed by atoms with Crippen molar-refractivity contribution in [3.05, 3.63) is 87.6 Å². The maximum Gasteiger partial charge on any atom is 0.223 e. The van der Waals surface area contributed by atoms with E-state index in [4.69, 9.17) is 16.0 Å². The highest BCUT2D eigenvalue weighted by atomic mass is 79.9. The standard InChI is InChI=1S/C28H28BrClFN5O2/c1-28(2,26-18-36(33-32-26)19-7-10-22(29)23(30)17-19)35-15-13-34(14-16-35)27(37)12-9-20-8-11-25(38-20)21-5-3-4-6-24(21)31/h3-8,10-11,17-18H,9,12-16H2,1-2H3. The highest BCUT2D eigenvalue weighted by molar-refractivity contribution is 9.10. The van der Waals surface area contributed by atoms with Crippen LogP contribution in [0, 0.1) is 5.82 Å². The van der Waals surface area contributed by atoms with E-state index in [1.54, 1.807) is 28.9 Å². The number of benzene rings is 2. The maximum absolute atomic E-state index is 14.0. The van der Waals surface area contributed by atoms with Gasteiger partial charge in [0.15, 0.2) is 0 Å². The molecular formula is C28H28BrClFN5O2. The van der Waals surface area contributed by atoms with E-state index in [-0.39, 0.29) is 17.3 Å². The Kier molecular flexibility index (Phi) is 7.70. The lowest BCUT2D eigenvalue weighted by atomic mass is 9.97. The predicted octanol–water partition coefficient (Wildman–Crippen LogP) is 6.09. The fourth-order valence-corrected chi connectivity index (χ4v) is 5.10. The van der Waals surface area contributed by atoms with Gasteiger partial charge in [0, 0.05) is 43.5 Å². The number of hydrogen-bond acceptors (Lipinski definition) is 5. The molecule has 0 radical (unpaired) electrons. The number of hydrogen-bond donors (Lipinski definition) is 0. The number of carbonyl (C=O) groups excluding carboxylic acids is 1. The molecule has 0 unspecified atom stereocenters. The molecule has 5 rings (SSSR count). The lowest BCUT2D eigenvalue weighted by Crippen LogP contribution is -2.54. The predicted molar refractivity (Wildman–Crippen MR) is 148 cm³/mol. The van der Waals surface area contributed by atoms with Crippen molar-refractivity contribution in [2.45, 2.75) is 32.2 Å². The van der Waals surface area contributed by atoms with E-state index in [2.05, 4.69) is 45.0 Å². The second-order valence-corrected chi connectivity index (χ2v) is 11.1. The van der Waals surface area contributed by atoms with E-state index in [0.29, 0.717) is 48.0 Å². The normalized spacial score (nSPS) is 14.7. The molecule has 1 fully saturated rings. The van der Waals surface area contributed by atoms with Gasteiger partial charge in [-0.2, -0.15) is 0 Å². The summed E-state index contributed by atoms with van der Waals surface area (Å²) in [5, 5.41) is 9.36. The highest BCUT2D eigenvalue weighted by Crippen LogP contribution is 2.30. The topological polar surface area (TPSA) is 67.4 Å². The molecule has 7 nitrogen and oxygen atoms in total. The smallest absolute Gasteiger partial charge is 0.223 e. The van der Waals surface area contributed by atoms with Crippen molar-refractivity contribution in [2.24, 2.45) is 0 Å². The third kappa shape index (κ3) is 5.55. The van der Waals surface area contributed by atoms with Gasteiger partial charge in [0.2, 0.25) is 5.91 Å². The van der Waals surface area contributed by atoms with Crippen molar-refractivity contribution < 1.29 is 13.6 Å². The molecule has 1 saturated heterocycles. The summed E-state index contributed by atoms with van der Waals surface area (Å²) in [6.07, 6.45) is 2.75. The number of aryl methyl sites for hydroxylation is 1. The first-order valence-electron chi connectivity index (χ1n) is 12.5. The number of amides is 1. The molecule has 2 aromatic heterocycles. The summed E-state index contributed by atoms with van der Waals surface area (Å²) >= 11 is 9.65. The number of rotatable bonds is 7. The zero-order chi connectivity index (χ0) is 26.9. The molecule has 1 aliphatic rings. The summed E-state index contributed by atoms with van der Waals surface area (Å²) in [6, 6.07) is 15.7. The molecule has 10 heteroatoms. The van der Waals surface area contributed by atoms with Gasteiger partial charge in [-0.1, -0.05) is 28.9 Å². The van der Waals surface area contributed by atoms with E-state index in [1.165, 1.54) is 6.07 Å². The van der Waals surface area contributed by atoms with Gasteiger partial charge < -0.3 is 9.32 Å². The van der Waals surface area contributed by atoms with Crippen LogP contribution in [-0.4, -0.2) is 56.9 Å². The van der Waals surface area contributed by atoms with Gasteiger partial charge in [0.05, 0.1) is 28.0 Å². The zero-order valence-electron chi connectivity index (χ0n) is 21.2. The monoisotopic (exact) mass is 599 g/mol. The number of aromatic nitrogens is 3. The Labute approximate surface area is 234 Å². The molecule has 0 saturated carbocycles. The number of furan rings is 1. The first-order valence-corrected chi connectivity index (χ1v) is 13.6. The molecule has 1 aliphatic heterocycles. The molecule has 198 valence electrons. The average Bonchev–Trinajstić information content (AvgIpc) is 3.60. The van der Waals surface area contributed by atoms with E-state index in [0.717, 1.165) is 28.9 Å². The molecule has 0 spiro atoms. The van der Waals surface area contributed by atoms with Crippen LogP contribution in [0.5, 0.6) is 0 Å². The molecule has 1 amide bonds. The Morgan fingerprint density at radius 3 is 2.61 bits per heavy atom. The fourth-order valence-electron chi connectivity index (χ4n) is 4.68. The van der Waals surface area contributed by atoms with Crippen molar-refractivity contribution in [1.29, 1.82) is 0 Å². The summed E-state index contributed by atoms with van der Waals surface area (Å²) in [5.74, 6) is 0.906. The van der Waals surface area contributed by atoms with Crippen LogP contribution < -0.4 is 0 Å². The lowest BCUT2D eigenvalue weighted by molar-refractivity contribution is -0.133. The van der Waals surface area contributed by atoms with Crippen molar-refractivity contribution in [1.82, 2.24) is 24.8 Å². The maximum atomic E-state index is 14.0. The highest BCUT2D eigenvalue weighted by Gasteiger charge is 2.35. The Bertz CT molecular complexity index is 1440. The third-order valence-corrected chi connectivity index (χ3v) is 8.33. The summed E-state index contributed by atoms with van der Waals surface area (Å²) in [6.45, 7) is 6.98. The molecule has 38 heavy (non-hydrogen) atoms. The molecule has 4 aromatic rings. The van der Waals surface area contributed by atoms with E-state index >= 15 is 0 Å². The second kappa shape index (κ2) is 11.0. The zero-order valence-corrected chi connectivity index (χ0v) is 23.5. The SMILES string of the molecule is CC(C)(c1cn(-c2ccc(Br)c(Cl)c2)nn1)N1CCN(C(=O)CCc2ccc(-c3ccccc3F)o2)CC1. The number of nitrogens with zero attached hydrogens (tertiary/aromatic N) is 5. The number of halogens is 3. The van der Waals surface area contributed by atoms with Gasteiger partial charge in [0.1, 0.15) is 23.0 Å². The summed E-state index contributed by atoms with van der Waals surface area (Å²) in [7, 11) is 0. The largest absolute Gasteiger partial charge is 0.461 e. The van der Waals surface area contributed by atoms with Crippen molar-refractivity contribution in [2.75, 3.05) is 26.2 Å². The minimum Gasteiger partial charge on any atom is -0.461 e. The van der Waals surface area contributed by atoms with Crippen LogP contribution in [-0.2, 0) is 16.8 Å². The minimum atomic E-state index is -0.357. The Morgan fingerprint density at radius 1 is 1.11 bits per heavy atom. The number of piperazine rings is 1. The second-order valence-electron chi connectivity index (χ2n) is 9.82. The molecular weight excluding hydrogens is 573 g/mol. The van der Waals surface area contributed by atoms with Crippen molar-refractivity contribution in [3.63, 3.8) is 0 Å². The quantitative estimate of drug-likeness (QED) is 0.257. The first kappa shape index (κ1) is 26.6. The van der Waals surface area contributed by atoms with Gasteiger partial charge in [0.25, 0.3) is 0 Å². The first-order chi connectivity index (χ1) is 18.2. The molecule has 0 bridgehead atoms. The van der Waals surface area contributed by atoms with E-state index in [9.17, 15) is 9.18 Å². The van der Waals surface area contributed by atoms with Gasteiger partial charge in [-0.25, -0.2) is 9.07 Å². The van der Waals surface area contributed by atoms with Gasteiger partial charge in [-0.3, -0.25) is 9.69 Å². The number of carbonyl (C=O) groups is 1. The van der Waals surface area contributed by atoms with Crippen LogP contribution in [0.25, 0.3) is 17.0 Å². The average molecular weight is 601 g/mol. The van der Waals surface area contributed by atoms with Crippen LogP contribution in [0.2, 0.25) is 5.02 Å². The van der Waals surface area contributed by atoms with Gasteiger partial charge in [-0.15, -0.1) is 5.10 Å². The van der Waals surface area contributed by atoms with E-state index < -0.39 is 0 Å². The Balaban J connectivity index is 1.15. The summed E-state index contributed by atoms with van der Waals surface area (Å²) in [5.41, 5.74) is 1.74. The molecule has 0 aliphatic carbocycles. The Morgan fingerprint density at radius 2 is 1.87 bits per heavy atom. The van der Waals surface area contributed by atoms with Crippen LogP contribution in [0.4, 0.5) is 4.39 Å². The molecule has 0 atom stereocenters. The third-order valence-electron chi connectivity index (χ3n) is 7.10. The van der Waals surface area contributed by atoms with Crippen LogP contribution in [0.15, 0.2) is 69.7 Å². The molecule has 0 N–H and O–H groups in total. The summed E-state index contributed by atoms with van der Waals surface area (Å²) < 4.78 is 22.4. The minimum absolute atomic E-state index is 0.0874.